The molecule has 8 heavy (non-hydrogen) atoms. The van der Waals surface area contributed by atoms with Gasteiger partial charge in [-0.25, -0.2) is 0 Å². The lowest BCUT2D eigenvalue weighted by Crippen LogP contribution is -2.41. The van der Waals surface area contributed by atoms with Gasteiger partial charge in [0.25, 0.3) is 0 Å². The Morgan fingerprint density at radius 2 is 2.50 bits per heavy atom. The summed E-state index contributed by atoms with van der Waals surface area (Å²) in [6.45, 7) is 2.18. The number of rotatable bonds is 1. The normalized spacial score (nSPS) is 30.2. The fraction of sp³-hybridized carbons (Fsp3) is 1.00. The van der Waals surface area contributed by atoms with Crippen LogP contribution in [0.4, 0.5) is 0 Å². The maximum atomic E-state index is 5.21. The van der Waals surface area contributed by atoms with Gasteiger partial charge in [-0.05, 0) is 19.4 Å². The fourth-order valence-corrected chi connectivity index (χ4v) is 0.994. The highest BCUT2D eigenvalue weighted by Crippen LogP contribution is 1.98. The van der Waals surface area contributed by atoms with Crippen molar-refractivity contribution < 1.29 is 0 Å². The summed E-state index contributed by atoms with van der Waals surface area (Å²) in [7, 11) is 5.21. The molecule has 44 valence electrons. The molecule has 1 fully saturated rings. The maximum absolute atomic E-state index is 5.21. The molecule has 3 heteroatoms. The Hall–Kier alpha value is -0.0151. The zero-order valence-corrected chi connectivity index (χ0v) is 4.98. The first-order valence-corrected chi connectivity index (χ1v) is 3.10. The molecule has 0 aromatic rings. The van der Waals surface area contributed by atoms with E-state index in [9.17, 15) is 0 Å². The first-order chi connectivity index (χ1) is 3.93. The molecule has 1 heterocycles. The van der Waals surface area contributed by atoms with Gasteiger partial charge in [-0.1, -0.05) is 0 Å². The Morgan fingerprint density at radius 3 is 2.88 bits per heavy atom. The van der Waals surface area contributed by atoms with E-state index < -0.39 is 0 Å². The van der Waals surface area contributed by atoms with Crippen LogP contribution in [0, 0.1) is 0 Å². The van der Waals surface area contributed by atoms with Gasteiger partial charge in [-0.2, -0.15) is 0 Å². The van der Waals surface area contributed by atoms with E-state index in [2.05, 4.69) is 10.5 Å². The number of nitrogens with one attached hydrogen (secondary N) is 2. The van der Waals surface area contributed by atoms with Crippen LogP contribution in [0.25, 0.3) is 0 Å². The van der Waals surface area contributed by atoms with Crippen molar-refractivity contribution in [2.45, 2.75) is 18.9 Å². The third kappa shape index (κ3) is 1.49. The highest BCUT2D eigenvalue weighted by Gasteiger charge is 2.08. The number of piperidine rings is 1. The fourth-order valence-electron chi connectivity index (χ4n) is 0.994. The molecule has 0 amide bonds. The highest BCUT2D eigenvalue weighted by atomic mass is 14.9. The maximum Gasteiger partial charge on any atom is 0.178 e. The van der Waals surface area contributed by atoms with Crippen molar-refractivity contribution in [3.05, 3.63) is 0 Å². The summed E-state index contributed by atoms with van der Waals surface area (Å²) in [5.41, 5.74) is 0. The Labute approximate surface area is 51.5 Å². The smallest absolute Gasteiger partial charge is 0.178 e. The molecular formula is C5H11BN2. The van der Waals surface area contributed by atoms with Gasteiger partial charge in [0.05, 0.1) is 0 Å². The van der Waals surface area contributed by atoms with E-state index in [0.29, 0.717) is 6.04 Å². The van der Waals surface area contributed by atoms with Crippen LogP contribution in [0.1, 0.15) is 12.8 Å². The van der Waals surface area contributed by atoms with Gasteiger partial charge >= 0.3 is 0 Å². The number of hydrogen-bond acceptors (Lipinski definition) is 2. The molecule has 1 rings (SSSR count). The Kier molecular flexibility index (Phi) is 2.37. The monoisotopic (exact) mass is 110 g/mol. The molecule has 1 atom stereocenters. The predicted octanol–water partition coefficient (Wildman–Crippen LogP) is -0.589. The average molecular weight is 110 g/mol. The summed E-state index contributed by atoms with van der Waals surface area (Å²) < 4.78 is 0. The molecule has 0 saturated carbocycles. The van der Waals surface area contributed by atoms with Crippen LogP contribution in [0.2, 0.25) is 0 Å². The van der Waals surface area contributed by atoms with Gasteiger partial charge in [0.2, 0.25) is 0 Å². The molecule has 2 N–H and O–H groups in total. The zero-order chi connectivity index (χ0) is 5.82. The van der Waals surface area contributed by atoms with Crippen molar-refractivity contribution in [2.24, 2.45) is 0 Å². The molecule has 1 aliphatic heterocycles. The third-order valence-corrected chi connectivity index (χ3v) is 1.53. The van der Waals surface area contributed by atoms with Crippen molar-refractivity contribution in [3.8, 4) is 0 Å². The van der Waals surface area contributed by atoms with Gasteiger partial charge in [0.1, 0.15) is 0 Å². The second-order valence-electron chi connectivity index (χ2n) is 2.21. The van der Waals surface area contributed by atoms with Crippen LogP contribution in [0.3, 0.4) is 0 Å². The van der Waals surface area contributed by atoms with Crippen molar-refractivity contribution >= 4 is 7.98 Å². The van der Waals surface area contributed by atoms with E-state index in [-0.39, 0.29) is 0 Å². The van der Waals surface area contributed by atoms with Gasteiger partial charge in [0, 0.05) is 12.6 Å². The van der Waals surface area contributed by atoms with E-state index in [1.807, 2.05) is 0 Å². The minimum Gasteiger partial charge on any atom is -0.363 e. The van der Waals surface area contributed by atoms with Gasteiger partial charge in [-0.15, -0.1) is 0 Å². The molecule has 0 aromatic heterocycles. The molecular weight excluding hydrogens is 98.9 g/mol. The minimum atomic E-state index is 0.503. The van der Waals surface area contributed by atoms with E-state index in [1.54, 1.807) is 0 Å². The average Bonchev–Trinajstić information content (AvgIpc) is 1.90. The van der Waals surface area contributed by atoms with Crippen LogP contribution in [-0.4, -0.2) is 27.1 Å². The quantitative estimate of drug-likeness (QED) is 0.441. The summed E-state index contributed by atoms with van der Waals surface area (Å²) in [5.74, 6) is 0. The molecule has 0 aromatic carbocycles. The lowest BCUT2D eigenvalue weighted by atomic mass is 10.1. The first kappa shape index (κ1) is 6.11. The molecule has 0 spiro atoms. The topological polar surface area (TPSA) is 24.1 Å². The van der Waals surface area contributed by atoms with E-state index in [4.69, 9.17) is 7.98 Å². The Bertz CT molecular complexity index is 61.4. The summed E-state index contributed by atoms with van der Waals surface area (Å²) in [6.07, 6.45) is 2.46. The molecule has 0 bridgehead atoms. The van der Waals surface area contributed by atoms with Crippen molar-refractivity contribution in [3.63, 3.8) is 0 Å². The van der Waals surface area contributed by atoms with Crippen LogP contribution >= 0.6 is 0 Å². The van der Waals surface area contributed by atoms with Crippen molar-refractivity contribution in [2.75, 3.05) is 13.1 Å². The summed E-state index contributed by atoms with van der Waals surface area (Å²) in [4.78, 5) is 0. The molecule has 1 aliphatic rings. The molecule has 1 saturated heterocycles. The largest absolute Gasteiger partial charge is 0.363 e. The molecule has 0 aliphatic carbocycles. The minimum absolute atomic E-state index is 0.503. The van der Waals surface area contributed by atoms with Crippen LogP contribution in [-0.2, 0) is 0 Å². The summed E-state index contributed by atoms with van der Waals surface area (Å²) in [5, 5.41) is 5.98. The summed E-state index contributed by atoms with van der Waals surface area (Å²) >= 11 is 0. The molecule has 2 radical (unpaired) electrons. The van der Waals surface area contributed by atoms with Crippen molar-refractivity contribution in [1.29, 1.82) is 0 Å². The lowest BCUT2D eigenvalue weighted by molar-refractivity contribution is 0.438. The van der Waals surface area contributed by atoms with Gasteiger partial charge in [0.15, 0.2) is 7.98 Å². The molecule has 2 nitrogen and oxygen atoms in total. The van der Waals surface area contributed by atoms with Crippen LogP contribution < -0.4 is 10.5 Å². The van der Waals surface area contributed by atoms with Crippen molar-refractivity contribution in [1.82, 2.24) is 10.5 Å². The zero-order valence-electron chi connectivity index (χ0n) is 4.98. The molecule has 1 unspecified atom stereocenters. The standard InChI is InChI=1S/C5H11BN2/c6-8-5-2-1-3-7-4-5/h5,7-8H,1-4H2. The van der Waals surface area contributed by atoms with E-state index >= 15 is 0 Å². The Balaban J connectivity index is 2.13. The van der Waals surface area contributed by atoms with Crippen LogP contribution in [0.15, 0.2) is 0 Å². The predicted molar refractivity (Wildman–Crippen MR) is 34.8 cm³/mol. The number of hydrogen-bond donors (Lipinski definition) is 2. The first-order valence-electron chi connectivity index (χ1n) is 3.10. The Morgan fingerprint density at radius 1 is 1.62 bits per heavy atom. The van der Waals surface area contributed by atoms with E-state index in [1.165, 1.54) is 12.8 Å². The van der Waals surface area contributed by atoms with Gasteiger partial charge < -0.3 is 10.5 Å². The SMILES string of the molecule is [B]NC1CCCNC1. The lowest BCUT2D eigenvalue weighted by Gasteiger charge is -2.21. The van der Waals surface area contributed by atoms with Crippen LogP contribution in [0.5, 0.6) is 0 Å². The second kappa shape index (κ2) is 3.10. The van der Waals surface area contributed by atoms with E-state index in [0.717, 1.165) is 13.1 Å². The second-order valence-corrected chi connectivity index (χ2v) is 2.21. The highest BCUT2D eigenvalue weighted by molar-refractivity contribution is 6.04. The van der Waals surface area contributed by atoms with Gasteiger partial charge in [-0.3, -0.25) is 0 Å². The summed E-state index contributed by atoms with van der Waals surface area (Å²) in [6, 6.07) is 0.503. The third-order valence-electron chi connectivity index (χ3n) is 1.53.